The number of rotatable bonds is 11. The van der Waals surface area contributed by atoms with E-state index in [1.807, 2.05) is 44.2 Å². The predicted molar refractivity (Wildman–Crippen MR) is 155 cm³/mol. The van der Waals surface area contributed by atoms with Crippen molar-refractivity contribution in [3.63, 3.8) is 0 Å². The van der Waals surface area contributed by atoms with Crippen molar-refractivity contribution in [2.75, 3.05) is 13.6 Å². The average Bonchev–Trinajstić information content (AvgIpc) is 2.87. The van der Waals surface area contributed by atoms with Crippen LogP contribution < -0.4 is 5.32 Å². The number of benzene rings is 3. The van der Waals surface area contributed by atoms with Crippen LogP contribution in [0.15, 0.2) is 77.7 Å². The molecule has 3 aromatic carbocycles. The van der Waals surface area contributed by atoms with E-state index in [-0.39, 0.29) is 29.8 Å². The van der Waals surface area contributed by atoms with Crippen LogP contribution in [0, 0.1) is 0 Å². The maximum Gasteiger partial charge on any atom is 0.243 e. The van der Waals surface area contributed by atoms with Crippen molar-refractivity contribution in [1.29, 1.82) is 0 Å². The summed E-state index contributed by atoms with van der Waals surface area (Å²) < 4.78 is 27.3. The van der Waals surface area contributed by atoms with Gasteiger partial charge in [0.25, 0.3) is 0 Å². The maximum absolute atomic E-state index is 13.8. The van der Waals surface area contributed by atoms with Crippen LogP contribution in [0.3, 0.4) is 0 Å². The molecule has 3 rings (SSSR count). The average molecular weight is 611 g/mol. The Morgan fingerprint density at radius 1 is 0.897 bits per heavy atom. The molecule has 0 aliphatic rings. The lowest BCUT2D eigenvalue weighted by Gasteiger charge is -2.33. The van der Waals surface area contributed by atoms with Crippen molar-refractivity contribution in [1.82, 2.24) is 14.5 Å². The largest absolute Gasteiger partial charge is 0.352 e. The summed E-state index contributed by atoms with van der Waals surface area (Å²) >= 11 is 18.4. The van der Waals surface area contributed by atoms with E-state index in [1.165, 1.54) is 36.2 Å². The number of nitrogens with one attached hydrogen (secondary N) is 1. The lowest BCUT2D eigenvalue weighted by molar-refractivity contribution is -0.141. The summed E-state index contributed by atoms with van der Waals surface area (Å²) in [6.45, 7) is 3.11. The molecule has 0 saturated carbocycles. The van der Waals surface area contributed by atoms with Gasteiger partial charge in [0.2, 0.25) is 21.8 Å². The molecule has 0 aliphatic heterocycles. The molecule has 11 heteroatoms. The molecule has 0 aromatic heterocycles. The zero-order valence-corrected chi connectivity index (χ0v) is 24.9. The fraction of sp³-hybridized carbons (Fsp3) is 0.286. The maximum atomic E-state index is 13.8. The molecule has 0 spiro atoms. The van der Waals surface area contributed by atoms with Gasteiger partial charge in [-0.2, -0.15) is 4.31 Å². The van der Waals surface area contributed by atoms with Gasteiger partial charge in [0.15, 0.2) is 0 Å². The first-order chi connectivity index (χ1) is 18.4. The number of hydrogen-bond acceptors (Lipinski definition) is 4. The molecule has 39 heavy (non-hydrogen) atoms. The van der Waals surface area contributed by atoms with Gasteiger partial charge in [-0.3, -0.25) is 9.59 Å². The zero-order valence-electron chi connectivity index (χ0n) is 21.8. The van der Waals surface area contributed by atoms with Crippen LogP contribution >= 0.6 is 34.8 Å². The number of hydrogen-bond donors (Lipinski definition) is 1. The van der Waals surface area contributed by atoms with Crippen molar-refractivity contribution >= 4 is 56.6 Å². The van der Waals surface area contributed by atoms with Crippen LogP contribution in [-0.4, -0.2) is 55.1 Å². The lowest BCUT2D eigenvalue weighted by Crippen LogP contribution is -2.54. The molecule has 0 fully saturated rings. The highest BCUT2D eigenvalue weighted by Gasteiger charge is 2.33. The van der Waals surface area contributed by atoms with Gasteiger partial charge in [0.05, 0.1) is 11.4 Å². The molecule has 2 amide bonds. The summed E-state index contributed by atoms with van der Waals surface area (Å²) in [5, 5.41) is 4.03. The highest BCUT2D eigenvalue weighted by Crippen LogP contribution is 2.25. The van der Waals surface area contributed by atoms with E-state index < -0.39 is 28.5 Å². The summed E-state index contributed by atoms with van der Waals surface area (Å²) in [5.41, 5.74) is 1.40. The van der Waals surface area contributed by atoms with Crippen LogP contribution in [-0.2, 0) is 32.6 Å². The molecule has 7 nitrogen and oxygen atoms in total. The number of carbonyl (C=O) groups excluding carboxylic acids is 2. The third kappa shape index (κ3) is 8.43. The second-order valence-electron chi connectivity index (χ2n) is 9.34. The molecule has 0 aliphatic carbocycles. The summed E-state index contributed by atoms with van der Waals surface area (Å²) in [6, 6.07) is 18.7. The molecule has 208 valence electrons. The quantitative estimate of drug-likeness (QED) is 0.314. The first kappa shape index (κ1) is 30.9. The number of nitrogens with zero attached hydrogens (tertiary/aromatic N) is 2. The van der Waals surface area contributed by atoms with Crippen LogP contribution in [0.25, 0.3) is 0 Å². The number of carbonyl (C=O) groups is 2. The summed E-state index contributed by atoms with van der Waals surface area (Å²) in [5.74, 6) is -0.934. The van der Waals surface area contributed by atoms with E-state index >= 15 is 0 Å². The molecule has 1 atom stereocenters. The minimum atomic E-state index is -4.01. The molecule has 0 unspecified atom stereocenters. The Labute approximate surface area is 244 Å². The Kier molecular flexibility index (Phi) is 10.8. The zero-order chi connectivity index (χ0) is 28.7. The molecule has 0 heterocycles. The van der Waals surface area contributed by atoms with E-state index in [9.17, 15) is 18.0 Å². The SMILES string of the molecule is CC(C)NC(=O)[C@H](Cc1ccccc1)N(Cc1ccc(Cl)cc1Cl)C(=O)CN(C)S(=O)(=O)c1ccc(Cl)cc1. The van der Waals surface area contributed by atoms with Gasteiger partial charge in [-0.15, -0.1) is 0 Å². The monoisotopic (exact) mass is 609 g/mol. The van der Waals surface area contributed by atoms with E-state index in [2.05, 4.69) is 5.32 Å². The van der Waals surface area contributed by atoms with E-state index in [4.69, 9.17) is 34.8 Å². The van der Waals surface area contributed by atoms with Crippen LogP contribution in [0.4, 0.5) is 0 Å². The van der Waals surface area contributed by atoms with Crippen molar-refractivity contribution in [3.8, 4) is 0 Å². The number of likely N-dealkylation sites (N-methyl/N-ethyl adjacent to an activating group) is 1. The van der Waals surface area contributed by atoms with Crippen molar-refractivity contribution < 1.29 is 18.0 Å². The summed E-state index contributed by atoms with van der Waals surface area (Å²) in [6.07, 6.45) is 0.212. The van der Waals surface area contributed by atoms with Crippen molar-refractivity contribution in [2.24, 2.45) is 0 Å². The van der Waals surface area contributed by atoms with Gasteiger partial charge in [0.1, 0.15) is 6.04 Å². The third-order valence-electron chi connectivity index (χ3n) is 5.94. The lowest BCUT2D eigenvalue weighted by atomic mass is 10.0. The number of halogens is 3. The first-order valence-corrected chi connectivity index (χ1v) is 14.8. The van der Waals surface area contributed by atoms with E-state index in [0.717, 1.165) is 9.87 Å². The van der Waals surface area contributed by atoms with Crippen molar-refractivity contribution in [2.45, 2.75) is 43.8 Å². The Hall–Kier alpha value is -2.62. The van der Waals surface area contributed by atoms with Gasteiger partial charge < -0.3 is 10.2 Å². The summed E-state index contributed by atoms with van der Waals surface area (Å²) in [7, 11) is -2.70. The second-order valence-corrected chi connectivity index (χ2v) is 12.7. The highest BCUT2D eigenvalue weighted by molar-refractivity contribution is 7.89. The van der Waals surface area contributed by atoms with Gasteiger partial charge in [0, 0.05) is 41.1 Å². The van der Waals surface area contributed by atoms with Gasteiger partial charge in [-0.25, -0.2) is 8.42 Å². The first-order valence-electron chi connectivity index (χ1n) is 12.2. The van der Waals surface area contributed by atoms with Crippen LogP contribution in [0.2, 0.25) is 15.1 Å². The third-order valence-corrected chi connectivity index (χ3v) is 8.59. The topological polar surface area (TPSA) is 86.8 Å². The standard InChI is InChI=1S/C28H30Cl3N3O4S/c1-19(2)32-28(36)26(15-20-7-5-4-6-8-20)34(17-21-9-10-23(30)16-25(21)31)27(35)18-33(3)39(37,38)24-13-11-22(29)12-14-24/h4-14,16,19,26H,15,17-18H2,1-3H3,(H,32,36)/t26-/m0/s1. The van der Waals surface area contributed by atoms with Crippen LogP contribution in [0.5, 0.6) is 0 Å². The second kappa shape index (κ2) is 13.6. The van der Waals surface area contributed by atoms with Crippen molar-refractivity contribution in [3.05, 3.63) is 99.0 Å². The fourth-order valence-electron chi connectivity index (χ4n) is 3.92. The van der Waals surface area contributed by atoms with Gasteiger partial charge in [-0.05, 0) is 61.4 Å². The summed E-state index contributed by atoms with van der Waals surface area (Å²) in [4.78, 5) is 28.7. The van der Waals surface area contributed by atoms with Crippen LogP contribution in [0.1, 0.15) is 25.0 Å². The Bertz CT molecular complexity index is 1400. The van der Waals surface area contributed by atoms with Gasteiger partial charge in [-0.1, -0.05) is 71.2 Å². The molecule has 3 aromatic rings. The Morgan fingerprint density at radius 3 is 2.10 bits per heavy atom. The normalized spacial score (nSPS) is 12.4. The smallest absolute Gasteiger partial charge is 0.243 e. The molecule has 0 saturated heterocycles. The molecular weight excluding hydrogens is 581 g/mol. The minimum Gasteiger partial charge on any atom is -0.352 e. The van der Waals surface area contributed by atoms with E-state index in [0.29, 0.717) is 20.6 Å². The Morgan fingerprint density at radius 2 is 1.51 bits per heavy atom. The van der Waals surface area contributed by atoms with Gasteiger partial charge >= 0.3 is 0 Å². The minimum absolute atomic E-state index is 0.00659. The molecule has 0 radical (unpaired) electrons. The number of sulfonamides is 1. The molecular formula is C28H30Cl3N3O4S. The number of amides is 2. The fourth-order valence-corrected chi connectivity index (χ4v) is 5.64. The Balaban J connectivity index is 2.00. The molecule has 0 bridgehead atoms. The highest BCUT2D eigenvalue weighted by atomic mass is 35.5. The predicted octanol–water partition coefficient (Wildman–Crippen LogP) is 5.43. The van der Waals surface area contributed by atoms with E-state index in [1.54, 1.807) is 18.2 Å². The molecule has 1 N–H and O–H groups in total.